The third-order valence-corrected chi connectivity index (χ3v) is 5.29. The Labute approximate surface area is 154 Å². The van der Waals surface area contributed by atoms with Gasteiger partial charge >= 0.3 is 5.97 Å². The number of hydrogen-bond donors (Lipinski definition) is 1. The third-order valence-electron chi connectivity index (χ3n) is 5.29. The molecule has 0 aliphatic carbocycles. The Kier molecular flexibility index (Phi) is 5.61. The van der Waals surface area contributed by atoms with Gasteiger partial charge in [0, 0.05) is 43.4 Å². The monoisotopic (exact) mass is 357 g/mol. The van der Waals surface area contributed by atoms with Gasteiger partial charge in [-0.1, -0.05) is 25.1 Å². The molecule has 6 heteroatoms. The van der Waals surface area contributed by atoms with Crippen molar-refractivity contribution >= 4 is 5.97 Å². The zero-order chi connectivity index (χ0) is 18.7. The van der Waals surface area contributed by atoms with Crippen LogP contribution in [0, 0.1) is 12.8 Å². The van der Waals surface area contributed by atoms with Crippen LogP contribution in [-0.4, -0.2) is 46.0 Å². The van der Waals surface area contributed by atoms with E-state index in [4.69, 9.17) is 4.74 Å². The van der Waals surface area contributed by atoms with Gasteiger partial charge < -0.3 is 9.84 Å². The number of aliphatic carboxylic acids is 1. The number of methoxy groups -OCH3 is 1. The number of aryl methyl sites for hydroxylation is 1. The van der Waals surface area contributed by atoms with Crippen molar-refractivity contribution in [2.75, 3.05) is 20.2 Å². The van der Waals surface area contributed by atoms with Gasteiger partial charge in [0.2, 0.25) is 0 Å². The molecule has 1 aromatic heterocycles. The van der Waals surface area contributed by atoms with Gasteiger partial charge in [0.25, 0.3) is 0 Å². The second kappa shape index (κ2) is 7.91. The number of nitrogens with zero attached hydrogens (tertiary/aromatic N) is 3. The number of ether oxygens (including phenoxy) is 1. The number of likely N-dealkylation sites (tertiary alicyclic amines) is 1. The van der Waals surface area contributed by atoms with E-state index in [9.17, 15) is 9.90 Å². The van der Waals surface area contributed by atoms with Gasteiger partial charge in [-0.05, 0) is 25.0 Å². The minimum atomic E-state index is -0.748. The summed E-state index contributed by atoms with van der Waals surface area (Å²) in [6.45, 7) is 7.10. The number of rotatable bonds is 7. The van der Waals surface area contributed by atoms with Crippen LogP contribution in [0.25, 0.3) is 0 Å². The highest BCUT2D eigenvalue weighted by Crippen LogP contribution is 2.38. The van der Waals surface area contributed by atoms with Gasteiger partial charge in [0.1, 0.15) is 5.75 Å². The van der Waals surface area contributed by atoms with Crippen molar-refractivity contribution in [2.45, 2.75) is 39.3 Å². The molecule has 1 saturated heterocycles. The average Bonchev–Trinajstić information content (AvgIpc) is 3.21. The summed E-state index contributed by atoms with van der Waals surface area (Å²) in [6.07, 6.45) is 2.96. The van der Waals surface area contributed by atoms with Crippen LogP contribution in [0.1, 0.15) is 36.1 Å². The molecular weight excluding hydrogens is 330 g/mol. The maximum absolute atomic E-state index is 11.9. The quantitative estimate of drug-likeness (QED) is 0.825. The van der Waals surface area contributed by atoms with Crippen LogP contribution in [0.15, 0.2) is 30.5 Å². The van der Waals surface area contributed by atoms with E-state index in [1.54, 1.807) is 7.11 Å². The number of benzene rings is 1. The first-order valence-electron chi connectivity index (χ1n) is 9.14. The molecule has 26 heavy (non-hydrogen) atoms. The lowest BCUT2D eigenvalue weighted by Crippen LogP contribution is -2.23. The molecule has 1 aliphatic rings. The molecule has 2 heterocycles. The van der Waals surface area contributed by atoms with Crippen molar-refractivity contribution in [1.29, 1.82) is 0 Å². The first-order valence-corrected chi connectivity index (χ1v) is 9.14. The molecule has 1 aliphatic heterocycles. The van der Waals surface area contributed by atoms with Crippen LogP contribution in [0.4, 0.5) is 0 Å². The standard InChI is InChI=1S/C20H27N3O3/c1-4-9-23-14(2)15(10-21-23)11-22-12-17(18(13-22)20(24)25)16-7-5-6-8-19(16)26-3/h5-8,10,17-18H,4,9,11-13H2,1-3H3,(H,24,25)/t17-,18+/m0/s1. The van der Waals surface area contributed by atoms with Crippen LogP contribution in [-0.2, 0) is 17.9 Å². The molecule has 0 radical (unpaired) electrons. The van der Waals surface area contributed by atoms with Crippen molar-refractivity contribution in [2.24, 2.45) is 5.92 Å². The van der Waals surface area contributed by atoms with Crippen LogP contribution >= 0.6 is 0 Å². The second-order valence-corrected chi connectivity index (χ2v) is 6.97. The topological polar surface area (TPSA) is 67.6 Å². The van der Waals surface area contributed by atoms with Crippen LogP contribution in [0.2, 0.25) is 0 Å². The number of carbonyl (C=O) groups is 1. The van der Waals surface area contributed by atoms with Crippen molar-refractivity contribution in [3.8, 4) is 5.75 Å². The van der Waals surface area contributed by atoms with Crippen LogP contribution in [0.3, 0.4) is 0 Å². The molecule has 0 saturated carbocycles. The largest absolute Gasteiger partial charge is 0.496 e. The van der Waals surface area contributed by atoms with E-state index in [1.165, 1.54) is 11.3 Å². The van der Waals surface area contributed by atoms with E-state index in [-0.39, 0.29) is 5.92 Å². The SMILES string of the molecule is CCCn1ncc(CN2C[C@@H](C(=O)O)[C@H](c3ccccc3OC)C2)c1C. The van der Waals surface area contributed by atoms with Gasteiger partial charge in [-0.25, -0.2) is 0 Å². The van der Waals surface area contributed by atoms with E-state index in [1.807, 2.05) is 35.1 Å². The third kappa shape index (κ3) is 3.60. The molecule has 6 nitrogen and oxygen atoms in total. The molecule has 2 atom stereocenters. The Hall–Kier alpha value is -2.34. The molecule has 3 rings (SSSR count). The summed E-state index contributed by atoms with van der Waals surface area (Å²) in [5.41, 5.74) is 3.31. The van der Waals surface area contributed by atoms with Gasteiger partial charge in [-0.15, -0.1) is 0 Å². The predicted octanol–water partition coefficient (Wildman–Crippen LogP) is 2.91. The van der Waals surface area contributed by atoms with Crippen molar-refractivity contribution in [1.82, 2.24) is 14.7 Å². The zero-order valence-corrected chi connectivity index (χ0v) is 15.7. The normalized spacial score (nSPS) is 20.4. The maximum Gasteiger partial charge on any atom is 0.308 e. The van der Waals surface area contributed by atoms with Gasteiger partial charge in [-0.2, -0.15) is 5.10 Å². The van der Waals surface area contributed by atoms with Crippen molar-refractivity contribution < 1.29 is 14.6 Å². The average molecular weight is 357 g/mol. The summed E-state index contributed by atoms with van der Waals surface area (Å²) in [7, 11) is 1.63. The zero-order valence-electron chi connectivity index (χ0n) is 15.7. The number of para-hydroxylation sites is 1. The number of carboxylic acids is 1. The summed E-state index contributed by atoms with van der Waals surface area (Å²) in [5.74, 6) is -0.494. The molecule has 0 bridgehead atoms. The van der Waals surface area contributed by atoms with Crippen LogP contribution < -0.4 is 4.74 Å². The van der Waals surface area contributed by atoms with E-state index < -0.39 is 11.9 Å². The number of carboxylic acid groups (broad SMARTS) is 1. The molecule has 0 amide bonds. The number of hydrogen-bond acceptors (Lipinski definition) is 4. The minimum absolute atomic E-state index is 0.0744. The summed E-state index contributed by atoms with van der Waals surface area (Å²) >= 11 is 0. The van der Waals surface area contributed by atoms with Gasteiger partial charge in [-0.3, -0.25) is 14.4 Å². The Morgan fingerprint density at radius 3 is 2.81 bits per heavy atom. The van der Waals surface area contributed by atoms with E-state index in [0.29, 0.717) is 13.1 Å². The van der Waals surface area contributed by atoms with Crippen molar-refractivity contribution in [3.63, 3.8) is 0 Å². The van der Waals surface area contributed by atoms with E-state index in [2.05, 4.69) is 23.8 Å². The Morgan fingerprint density at radius 2 is 2.12 bits per heavy atom. The van der Waals surface area contributed by atoms with Gasteiger partial charge in [0.15, 0.2) is 0 Å². The van der Waals surface area contributed by atoms with Crippen LogP contribution in [0.5, 0.6) is 5.75 Å². The molecule has 0 unspecified atom stereocenters. The van der Waals surface area contributed by atoms with Crippen molar-refractivity contribution in [3.05, 3.63) is 47.3 Å². The molecule has 0 spiro atoms. The highest BCUT2D eigenvalue weighted by atomic mass is 16.5. The lowest BCUT2D eigenvalue weighted by molar-refractivity contribution is -0.141. The lowest BCUT2D eigenvalue weighted by Gasteiger charge is -2.18. The highest BCUT2D eigenvalue weighted by Gasteiger charge is 2.39. The first-order chi connectivity index (χ1) is 12.5. The molecule has 1 N–H and O–H groups in total. The molecule has 1 aromatic carbocycles. The second-order valence-electron chi connectivity index (χ2n) is 6.97. The number of aromatic nitrogens is 2. The Morgan fingerprint density at radius 1 is 1.35 bits per heavy atom. The summed E-state index contributed by atoms with van der Waals surface area (Å²) < 4.78 is 7.49. The lowest BCUT2D eigenvalue weighted by atomic mass is 9.88. The Balaban J connectivity index is 1.80. The smallest absolute Gasteiger partial charge is 0.308 e. The fourth-order valence-electron chi connectivity index (χ4n) is 3.87. The highest BCUT2D eigenvalue weighted by molar-refractivity contribution is 5.72. The minimum Gasteiger partial charge on any atom is -0.496 e. The predicted molar refractivity (Wildman–Crippen MR) is 99.4 cm³/mol. The molecular formula is C20H27N3O3. The molecule has 2 aromatic rings. The Bertz CT molecular complexity index is 771. The van der Waals surface area contributed by atoms with Gasteiger partial charge in [0.05, 0.1) is 19.2 Å². The van der Waals surface area contributed by atoms with E-state index in [0.717, 1.165) is 30.8 Å². The summed E-state index contributed by atoms with van der Waals surface area (Å²) in [4.78, 5) is 14.1. The fourth-order valence-corrected chi connectivity index (χ4v) is 3.87. The first kappa shape index (κ1) is 18.5. The van der Waals surface area contributed by atoms with E-state index >= 15 is 0 Å². The summed E-state index contributed by atoms with van der Waals surface area (Å²) in [6, 6.07) is 7.73. The molecule has 140 valence electrons. The fraction of sp³-hybridized carbons (Fsp3) is 0.500. The maximum atomic E-state index is 11.9. The summed E-state index contributed by atoms with van der Waals surface area (Å²) in [5, 5.41) is 14.2. The molecule has 1 fully saturated rings.